The Morgan fingerprint density at radius 2 is 2.00 bits per heavy atom. The van der Waals surface area contributed by atoms with E-state index in [0.717, 1.165) is 13.1 Å². The zero-order valence-electron chi connectivity index (χ0n) is 15.2. The second kappa shape index (κ2) is 6.49. The Kier molecular flexibility index (Phi) is 4.16. The van der Waals surface area contributed by atoms with Crippen LogP contribution in [0.4, 0.5) is 0 Å². The molecule has 0 amide bonds. The van der Waals surface area contributed by atoms with Gasteiger partial charge in [-0.1, -0.05) is 0 Å². The molecule has 7 nitrogen and oxygen atoms in total. The Hall–Kier alpha value is -2.80. The molecule has 1 N–H and O–H groups in total. The van der Waals surface area contributed by atoms with E-state index in [1.54, 1.807) is 26.4 Å². The first-order chi connectivity index (χ1) is 12.6. The van der Waals surface area contributed by atoms with Gasteiger partial charge in [-0.2, -0.15) is 0 Å². The van der Waals surface area contributed by atoms with E-state index in [0.29, 0.717) is 34.8 Å². The molecule has 0 bridgehead atoms. The summed E-state index contributed by atoms with van der Waals surface area (Å²) in [4.78, 5) is 22.4. The van der Waals surface area contributed by atoms with Crippen LogP contribution in [-0.2, 0) is 13.1 Å². The van der Waals surface area contributed by atoms with Gasteiger partial charge >= 0.3 is 0 Å². The number of hydrogen-bond donors (Lipinski definition) is 1. The minimum atomic E-state index is -0.168. The first-order valence-corrected chi connectivity index (χ1v) is 8.64. The summed E-state index contributed by atoms with van der Waals surface area (Å²) < 4.78 is 12.9. The smallest absolute Gasteiger partial charge is 0.258 e. The summed E-state index contributed by atoms with van der Waals surface area (Å²) in [7, 11) is 3.12. The van der Waals surface area contributed by atoms with Crippen molar-refractivity contribution in [3.8, 4) is 11.5 Å². The van der Waals surface area contributed by atoms with Gasteiger partial charge in [-0.25, -0.2) is 4.98 Å². The average molecular weight is 354 g/mol. The van der Waals surface area contributed by atoms with Crippen LogP contribution in [0.25, 0.3) is 10.9 Å². The highest BCUT2D eigenvalue weighted by molar-refractivity contribution is 5.81. The maximum Gasteiger partial charge on any atom is 0.258 e. The first kappa shape index (κ1) is 16.7. The van der Waals surface area contributed by atoms with Crippen LogP contribution in [0.3, 0.4) is 0 Å². The number of benzene rings is 1. The summed E-state index contributed by atoms with van der Waals surface area (Å²) >= 11 is 0. The van der Waals surface area contributed by atoms with E-state index in [1.807, 2.05) is 0 Å². The zero-order valence-corrected chi connectivity index (χ0v) is 15.2. The largest absolute Gasteiger partial charge is 0.493 e. The predicted molar refractivity (Wildman–Crippen MR) is 98.7 cm³/mol. The van der Waals surface area contributed by atoms with Crippen LogP contribution < -0.4 is 15.0 Å². The lowest BCUT2D eigenvalue weighted by atomic mass is 10.1. The van der Waals surface area contributed by atoms with E-state index in [2.05, 4.69) is 44.7 Å². The highest BCUT2D eigenvalue weighted by Gasteiger charge is 2.24. The molecule has 7 heteroatoms. The van der Waals surface area contributed by atoms with Gasteiger partial charge in [0.1, 0.15) is 5.82 Å². The van der Waals surface area contributed by atoms with Gasteiger partial charge in [-0.15, -0.1) is 0 Å². The summed E-state index contributed by atoms with van der Waals surface area (Å²) in [5, 5.41) is 0.493. The summed E-state index contributed by atoms with van der Waals surface area (Å²) in [5.74, 6) is 1.74. The van der Waals surface area contributed by atoms with Crippen LogP contribution in [0.1, 0.15) is 24.5 Å². The molecule has 1 atom stereocenters. The molecule has 0 fully saturated rings. The van der Waals surface area contributed by atoms with Gasteiger partial charge in [0.05, 0.1) is 31.7 Å². The Morgan fingerprint density at radius 1 is 1.23 bits per heavy atom. The van der Waals surface area contributed by atoms with Gasteiger partial charge < -0.3 is 19.0 Å². The Bertz CT molecular complexity index is 1010. The molecule has 0 saturated carbocycles. The number of aromatic nitrogens is 3. The predicted octanol–water partition coefficient (Wildman–Crippen LogP) is 2.32. The fraction of sp³-hybridized carbons (Fsp3) is 0.368. The number of hydrogen-bond acceptors (Lipinski definition) is 5. The molecule has 0 radical (unpaired) electrons. The molecule has 136 valence electrons. The van der Waals surface area contributed by atoms with Gasteiger partial charge in [0, 0.05) is 37.1 Å². The molecule has 1 aliphatic heterocycles. The number of rotatable bonds is 4. The standard InChI is InChI=1S/C19H22N4O3/c1-12-15-5-4-6-22(15)7-8-23(12)11-18-20-14-10-17(26-3)16(25-2)9-13(14)19(24)21-18/h4-6,9-10,12H,7-8,11H2,1-3H3,(H,20,21,24)/t12-/m1/s1. The number of nitrogens with one attached hydrogen (secondary N) is 1. The van der Waals surface area contributed by atoms with Crippen molar-refractivity contribution in [3.63, 3.8) is 0 Å². The second-order valence-electron chi connectivity index (χ2n) is 6.51. The van der Waals surface area contributed by atoms with Crippen LogP contribution in [0.5, 0.6) is 11.5 Å². The summed E-state index contributed by atoms with van der Waals surface area (Å²) in [6.45, 7) is 4.62. The molecular weight excluding hydrogens is 332 g/mol. The number of H-pyrrole nitrogens is 1. The molecule has 2 aromatic heterocycles. The molecule has 4 rings (SSSR count). The van der Waals surface area contributed by atoms with Crippen LogP contribution in [-0.4, -0.2) is 40.2 Å². The molecule has 0 spiro atoms. The molecule has 0 unspecified atom stereocenters. The average Bonchev–Trinajstić information content (AvgIpc) is 3.12. The fourth-order valence-electron chi connectivity index (χ4n) is 3.62. The maximum absolute atomic E-state index is 12.5. The molecule has 1 aliphatic rings. The van der Waals surface area contributed by atoms with Crippen LogP contribution in [0, 0.1) is 0 Å². The lowest BCUT2D eigenvalue weighted by Gasteiger charge is -2.34. The molecule has 26 heavy (non-hydrogen) atoms. The number of ether oxygens (including phenoxy) is 2. The molecular formula is C19H22N4O3. The second-order valence-corrected chi connectivity index (χ2v) is 6.51. The van der Waals surface area contributed by atoms with E-state index >= 15 is 0 Å². The Labute approximate surface area is 151 Å². The molecule has 0 saturated heterocycles. The van der Waals surface area contributed by atoms with Gasteiger partial charge in [0.2, 0.25) is 0 Å². The third-order valence-electron chi connectivity index (χ3n) is 5.08. The van der Waals surface area contributed by atoms with E-state index < -0.39 is 0 Å². The minimum absolute atomic E-state index is 0.168. The zero-order chi connectivity index (χ0) is 18.3. The lowest BCUT2D eigenvalue weighted by Crippen LogP contribution is -2.36. The van der Waals surface area contributed by atoms with E-state index in [1.165, 1.54) is 5.69 Å². The number of fused-ring (bicyclic) bond motifs is 2. The van der Waals surface area contributed by atoms with Gasteiger partial charge in [0.15, 0.2) is 11.5 Å². The van der Waals surface area contributed by atoms with E-state index in [9.17, 15) is 4.79 Å². The van der Waals surface area contributed by atoms with Gasteiger partial charge in [-0.3, -0.25) is 9.69 Å². The third kappa shape index (κ3) is 2.74. The van der Waals surface area contributed by atoms with Crippen molar-refractivity contribution in [3.05, 3.63) is 52.3 Å². The van der Waals surface area contributed by atoms with Gasteiger partial charge in [-0.05, 0) is 25.1 Å². The maximum atomic E-state index is 12.5. The third-order valence-corrected chi connectivity index (χ3v) is 5.08. The Morgan fingerprint density at radius 3 is 2.77 bits per heavy atom. The highest BCUT2D eigenvalue weighted by Crippen LogP contribution is 2.30. The lowest BCUT2D eigenvalue weighted by molar-refractivity contribution is 0.157. The molecule has 3 heterocycles. The van der Waals surface area contributed by atoms with E-state index in [-0.39, 0.29) is 11.6 Å². The summed E-state index contributed by atoms with van der Waals surface area (Å²) in [6, 6.07) is 7.90. The van der Waals surface area contributed by atoms with Crippen molar-refractivity contribution in [2.75, 3.05) is 20.8 Å². The molecule has 0 aliphatic carbocycles. The van der Waals surface area contributed by atoms with Crippen LogP contribution in [0.2, 0.25) is 0 Å². The minimum Gasteiger partial charge on any atom is -0.493 e. The SMILES string of the molecule is COc1cc2nc(CN3CCn4cccc4[C@H]3C)[nH]c(=O)c2cc1OC. The number of methoxy groups -OCH3 is 2. The molecule has 3 aromatic rings. The van der Waals surface area contributed by atoms with Crippen molar-refractivity contribution in [1.29, 1.82) is 0 Å². The highest BCUT2D eigenvalue weighted by atomic mass is 16.5. The van der Waals surface area contributed by atoms with E-state index in [4.69, 9.17) is 9.47 Å². The van der Waals surface area contributed by atoms with Crippen molar-refractivity contribution >= 4 is 10.9 Å². The fourth-order valence-corrected chi connectivity index (χ4v) is 3.62. The summed E-state index contributed by atoms with van der Waals surface area (Å²) in [6.07, 6.45) is 2.11. The number of nitrogens with zero attached hydrogens (tertiary/aromatic N) is 3. The molecule has 1 aromatic carbocycles. The first-order valence-electron chi connectivity index (χ1n) is 8.64. The monoisotopic (exact) mass is 354 g/mol. The van der Waals surface area contributed by atoms with Gasteiger partial charge in [0.25, 0.3) is 5.56 Å². The topological polar surface area (TPSA) is 72.4 Å². The van der Waals surface area contributed by atoms with Crippen molar-refractivity contribution < 1.29 is 9.47 Å². The van der Waals surface area contributed by atoms with Crippen molar-refractivity contribution in [1.82, 2.24) is 19.4 Å². The number of aromatic amines is 1. The normalized spacial score (nSPS) is 17.3. The van der Waals surface area contributed by atoms with Crippen LogP contribution >= 0.6 is 0 Å². The summed E-state index contributed by atoms with van der Waals surface area (Å²) in [5.41, 5.74) is 1.72. The quantitative estimate of drug-likeness (QED) is 0.778. The van der Waals surface area contributed by atoms with Crippen LogP contribution in [0.15, 0.2) is 35.3 Å². The Balaban J connectivity index is 1.68. The van der Waals surface area contributed by atoms with Crippen molar-refractivity contribution in [2.45, 2.75) is 26.1 Å². The van der Waals surface area contributed by atoms with Crippen molar-refractivity contribution in [2.24, 2.45) is 0 Å².